The van der Waals surface area contributed by atoms with Crippen LogP contribution in [-0.4, -0.2) is 35.6 Å². The fourth-order valence-electron chi connectivity index (χ4n) is 4.32. The third kappa shape index (κ3) is 8.69. The van der Waals surface area contributed by atoms with Crippen molar-refractivity contribution in [2.24, 2.45) is 0 Å². The first-order chi connectivity index (χ1) is 21.9. The maximum atomic E-state index is 13.4. The third-order valence-electron chi connectivity index (χ3n) is 6.49. The van der Waals surface area contributed by atoms with Crippen LogP contribution >= 0.6 is 23.1 Å². The first kappa shape index (κ1) is 31.2. The molecule has 5 rings (SSSR count). The van der Waals surface area contributed by atoms with Crippen molar-refractivity contribution in [3.63, 3.8) is 0 Å². The van der Waals surface area contributed by atoms with Gasteiger partial charge in [-0.25, -0.2) is 4.98 Å². The van der Waals surface area contributed by atoms with Gasteiger partial charge in [0.05, 0.1) is 18.6 Å². The van der Waals surface area contributed by atoms with Crippen molar-refractivity contribution in [3.8, 4) is 17.0 Å². The molecular formula is C35H30N4O4S2. The molecule has 3 amide bonds. The topological polar surface area (TPSA) is 109 Å². The van der Waals surface area contributed by atoms with Crippen molar-refractivity contribution in [2.45, 2.75) is 11.8 Å². The Morgan fingerprint density at radius 2 is 1.60 bits per heavy atom. The minimum atomic E-state index is -0.504. The van der Waals surface area contributed by atoms with Crippen LogP contribution in [0.15, 0.2) is 120 Å². The van der Waals surface area contributed by atoms with Gasteiger partial charge < -0.3 is 20.7 Å². The van der Waals surface area contributed by atoms with Gasteiger partial charge in [-0.1, -0.05) is 66.7 Å². The summed E-state index contributed by atoms with van der Waals surface area (Å²) in [5, 5.41) is 9.04. The lowest BCUT2D eigenvalue weighted by molar-refractivity contribution is -0.114. The quantitative estimate of drug-likeness (QED) is 0.104. The largest absolute Gasteiger partial charge is 0.497 e. The summed E-state index contributed by atoms with van der Waals surface area (Å²) in [7, 11) is 1.56. The minimum Gasteiger partial charge on any atom is -0.497 e. The van der Waals surface area contributed by atoms with E-state index in [0.717, 1.165) is 21.0 Å². The van der Waals surface area contributed by atoms with Crippen molar-refractivity contribution in [1.82, 2.24) is 10.3 Å². The van der Waals surface area contributed by atoms with Gasteiger partial charge in [-0.3, -0.25) is 14.4 Å². The normalized spacial score (nSPS) is 11.0. The smallest absolute Gasteiger partial charge is 0.272 e. The van der Waals surface area contributed by atoms with Gasteiger partial charge in [-0.15, -0.1) is 23.1 Å². The van der Waals surface area contributed by atoms with Crippen LogP contribution in [0.1, 0.15) is 20.8 Å². The summed E-state index contributed by atoms with van der Waals surface area (Å²) in [5.74, 6) is -0.328. The number of thioether (sulfide) groups is 1. The monoisotopic (exact) mass is 634 g/mol. The zero-order valence-electron chi connectivity index (χ0n) is 24.6. The average Bonchev–Trinajstić information content (AvgIpc) is 3.43. The molecule has 4 aromatic carbocycles. The lowest BCUT2D eigenvalue weighted by Crippen LogP contribution is -2.30. The number of ether oxygens (including phenoxy) is 1. The molecule has 8 nitrogen and oxygen atoms in total. The number of nitrogens with zero attached hydrogens (tertiary/aromatic N) is 1. The second-order valence-electron chi connectivity index (χ2n) is 9.76. The molecule has 1 heterocycles. The molecule has 226 valence electrons. The van der Waals surface area contributed by atoms with Crippen molar-refractivity contribution < 1.29 is 19.1 Å². The van der Waals surface area contributed by atoms with Crippen LogP contribution in [0.4, 0.5) is 10.8 Å². The highest BCUT2D eigenvalue weighted by atomic mass is 32.2. The number of thiazole rings is 1. The molecule has 1 aromatic heterocycles. The van der Waals surface area contributed by atoms with E-state index >= 15 is 0 Å². The summed E-state index contributed by atoms with van der Waals surface area (Å²) in [6, 6.07) is 32.8. The predicted molar refractivity (Wildman–Crippen MR) is 182 cm³/mol. The van der Waals surface area contributed by atoms with Crippen LogP contribution < -0.4 is 20.7 Å². The van der Waals surface area contributed by atoms with Crippen molar-refractivity contribution in [1.29, 1.82) is 0 Å². The molecule has 0 aliphatic rings. The predicted octanol–water partition coefficient (Wildman–Crippen LogP) is 7.27. The maximum Gasteiger partial charge on any atom is 0.272 e. The summed E-state index contributed by atoms with van der Waals surface area (Å²) in [5.41, 5.74) is 3.52. The van der Waals surface area contributed by atoms with E-state index in [1.165, 1.54) is 23.1 Å². The van der Waals surface area contributed by atoms with Crippen LogP contribution in [0.5, 0.6) is 5.75 Å². The Morgan fingerprint density at radius 3 is 2.36 bits per heavy atom. The molecule has 0 aliphatic heterocycles. The maximum absolute atomic E-state index is 13.4. The summed E-state index contributed by atoms with van der Waals surface area (Å²) in [6.07, 6.45) is 1.59. The number of amides is 3. The second kappa shape index (κ2) is 15.0. The van der Waals surface area contributed by atoms with Crippen molar-refractivity contribution in [3.05, 3.63) is 131 Å². The van der Waals surface area contributed by atoms with Crippen LogP contribution in [0.2, 0.25) is 0 Å². The Kier molecular flexibility index (Phi) is 10.4. The zero-order chi connectivity index (χ0) is 31.6. The molecule has 5 aromatic rings. The van der Waals surface area contributed by atoms with Crippen LogP contribution in [0.3, 0.4) is 0 Å². The number of hydrogen-bond donors (Lipinski definition) is 3. The van der Waals surface area contributed by atoms with Crippen LogP contribution in [-0.2, 0) is 9.59 Å². The zero-order valence-corrected chi connectivity index (χ0v) is 26.2. The molecule has 3 N–H and O–H groups in total. The van der Waals surface area contributed by atoms with E-state index in [4.69, 9.17) is 4.74 Å². The standard InChI is InChI=1S/C35H30N4O4S2/c1-23-32(25-12-5-3-6-13-25)39-35(45-23)38-31(40)22-44-29-18-10-16-27(21-29)36-34(42)30(20-24-11-9-17-28(19-24)43-2)37-33(41)26-14-7-4-8-15-26/h3-21H,22H2,1-2H3,(H,36,42)(H,37,41)(H,38,39,40)/b30-20-. The van der Waals surface area contributed by atoms with Gasteiger partial charge in [0.2, 0.25) is 5.91 Å². The van der Waals surface area contributed by atoms with Gasteiger partial charge in [-0.2, -0.15) is 0 Å². The van der Waals surface area contributed by atoms with Crippen molar-refractivity contribution in [2.75, 3.05) is 23.5 Å². The SMILES string of the molecule is COc1cccc(/C=C(\NC(=O)c2ccccc2)C(=O)Nc2cccc(SCC(=O)Nc3nc(-c4ccccc4)c(C)s3)c2)c1. The molecule has 0 fully saturated rings. The summed E-state index contributed by atoms with van der Waals surface area (Å²) < 4.78 is 5.30. The number of aryl methyl sites for hydroxylation is 1. The Labute approximate surface area is 269 Å². The van der Waals surface area contributed by atoms with Gasteiger partial charge in [0.1, 0.15) is 11.4 Å². The lowest BCUT2D eigenvalue weighted by Gasteiger charge is -2.12. The van der Waals surface area contributed by atoms with Gasteiger partial charge in [0.15, 0.2) is 5.13 Å². The van der Waals surface area contributed by atoms with Gasteiger partial charge in [-0.05, 0) is 61.0 Å². The highest BCUT2D eigenvalue weighted by molar-refractivity contribution is 8.00. The number of carbonyl (C=O) groups excluding carboxylic acids is 3. The Balaban J connectivity index is 1.25. The highest BCUT2D eigenvalue weighted by Crippen LogP contribution is 2.30. The number of nitrogens with one attached hydrogen (secondary N) is 3. The van der Waals surface area contributed by atoms with E-state index < -0.39 is 11.8 Å². The molecule has 0 saturated heterocycles. The second-order valence-corrected chi connectivity index (χ2v) is 12.0. The van der Waals surface area contributed by atoms with E-state index in [2.05, 4.69) is 20.9 Å². The first-order valence-electron chi connectivity index (χ1n) is 14.0. The number of hydrogen-bond acceptors (Lipinski definition) is 7. The molecule has 0 atom stereocenters. The average molecular weight is 635 g/mol. The fraction of sp³-hybridized carbons (Fsp3) is 0.0857. The molecule has 0 spiro atoms. The fourth-order valence-corrected chi connectivity index (χ4v) is 5.93. The molecule has 10 heteroatoms. The van der Waals surface area contributed by atoms with Crippen LogP contribution in [0.25, 0.3) is 17.3 Å². The molecular weight excluding hydrogens is 605 g/mol. The third-order valence-corrected chi connectivity index (χ3v) is 8.37. The molecule has 0 bridgehead atoms. The molecule has 0 radical (unpaired) electrons. The van der Waals surface area contributed by atoms with E-state index in [-0.39, 0.29) is 17.4 Å². The molecule has 0 unspecified atom stereocenters. The molecule has 0 aliphatic carbocycles. The Hall–Kier alpha value is -5.19. The summed E-state index contributed by atoms with van der Waals surface area (Å²) >= 11 is 2.77. The minimum absolute atomic E-state index is 0.0585. The van der Waals surface area contributed by atoms with Crippen molar-refractivity contribution >= 4 is 57.7 Å². The summed E-state index contributed by atoms with van der Waals surface area (Å²) in [4.78, 5) is 45.6. The molecule has 45 heavy (non-hydrogen) atoms. The highest BCUT2D eigenvalue weighted by Gasteiger charge is 2.16. The summed E-state index contributed by atoms with van der Waals surface area (Å²) in [6.45, 7) is 1.98. The van der Waals surface area contributed by atoms with E-state index in [9.17, 15) is 14.4 Å². The number of aromatic nitrogens is 1. The number of methoxy groups -OCH3 is 1. The molecule has 0 saturated carbocycles. The number of anilines is 2. The number of carbonyl (C=O) groups is 3. The number of benzene rings is 4. The van der Waals surface area contributed by atoms with Crippen LogP contribution in [0, 0.1) is 6.92 Å². The van der Waals surface area contributed by atoms with E-state index in [1.807, 2.05) is 55.5 Å². The Bertz CT molecular complexity index is 1840. The van der Waals surface area contributed by atoms with Gasteiger partial charge >= 0.3 is 0 Å². The van der Waals surface area contributed by atoms with E-state index in [1.54, 1.807) is 73.8 Å². The lowest BCUT2D eigenvalue weighted by atomic mass is 10.1. The van der Waals surface area contributed by atoms with E-state index in [0.29, 0.717) is 27.7 Å². The first-order valence-corrected chi connectivity index (χ1v) is 15.8. The number of rotatable bonds is 11. The Morgan fingerprint density at radius 1 is 0.867 bits per heavy atom. The van der Waals surface area contributed by atoms with Gasteiger partial charge in [0, 0.05) is 26.6 Å². The van der Waals surface area contributed by atoms with Gasteiger partial charge in [0.25, 0.3) is 11.8 Å².